The average Bonchev–Trinajstić information content (AvgIpc) is 2.71. The van der Waals surface area contributed by atoms with Crippen molar-refractivity contribution in [3.8, 4) is 11.5 Å². The molecule has 0 aliphatic rings. The van der Waals surface area contributed by atoms with Crippen LogP contribution in [-0.4, -0.2) is 25.1 Å². The second-order valence-electron chi connectivity index (χ2n) is 6.04. The summed E-state index contributed by atoms with van der Waals surface area (Å²) in [5, 5.41) is 6.62. The van der Waals surface area contributed by atoms with Crippen molar-refractivity contribution in [2.24, 2.45) is 0 Å². The Morgan fingerprint density at radius 2 is 1.64 bits per heavy atom. The number of hydrogen-bond donors (Lipinski definition) is 2. The van der Waals surface area contributed by atoms with Crippen LogP contribution in [0.1, 0.15) is 16.1 Å². The van der Waals surface area contributed by atoms with Crippen molar-refractivity contribution in [3.05, 3.63) is 71.0 Å². The highest BCUT2D eigenvalue weighted by Gasteiger charge is 2.10. The van der Waals surface area contributed by atoms with Gasteiger partial charge in [0.2, 0.25) is 0 Å². The van der Waals surface area contributed by atoms with Crippen molar-refractivity contribution in [1.29, 1.82) is 0 Å². The van der Waals surface area contributed by atoms with E-state index in [4.69, 9.17) is 21.1 Å². The number of anilines is 3. The molecule has 0 bridgehead atoms. The maximum Gasteiger partial charge on any atom is 0.274 e. The molecule has 0 saturated carbocycles. The van der Waals surface area contributed by atoms with Crippen molar-refractivity contribution >= 4 is 34.6 Å². The molecule has 0 fully saturated rings. The van der Waals surface area contributed by atoms with Gasteiger partial charge in [-0.2, -0.15) is 0 Å². The van der Waals surface area contributed by atoms with E-state index < -0.39 is 0 Å². The summed E-state index contributed by atoms with van der Waals surface area (Å²) in [6.45, 7) is 1.90. The molecule has 28 heavy (non-hydrogen) atoms. The zero-order valence-corrected chi connectivity index (χ0v) is 16.5. The molecule has 7 heteroatoms. The van der Waals surface area contributed by atoms with Gasteiger partial charge in [-0.05, 0) is 48.9 Å². The number of carbonyl (C=O) groups is 1. The molecule has 3 aromatic rings. The minimum Gasteiger partial charge on any atom is -0.493 e. The molecule has 1 amide bonds. The molecule has 0 unspecified atom stereocenters. The van der Waals surface area contributed by atoms with E-state index in [1.807, 2.05) is 25.1 Å². The molecule has 6 nitrogen and oxygen atoms in total. The molecular weight excluding hydrogens is 378 g/mol. The molecule has 0 saturated heterocycles. The number of methoxy groups -OCH3 is 2. The van der Waals surface area contributed by atoms with Crippen LogP contribution < -0.4 is 20.1 Å². The third kappa shape index (κ3) is 4.53. The van der Waals surface area contributed by atoms with Crippen LogP contribution in [0.5, 0.6) is 11.5 Å². The lowest BCUT2D eigenvalue weighted by Crippen LogP contribution is -2.13. The summed E-state index contributed by atoms with van der Waals surface area (Å²) in [6.07, 6.45) is 1.57. The summed E-state index contributed by atoms with van der Waals surface area (Å²) in [5.41, 5.74) is 3.34. The topological polar surface area (TPSA) is 72.5 Å². The van der Waals surface area contributed by atoms with Crippen LogP contribution in [-0.2, 0) is 0 Å². The van der Waals surface area contributed by atoms with E-state index in [0.717, 1.165) is 11.3 Å². The lowest BCUT2D eigenvalue weighted by Gasteiger charge is -2.12. The summed E-state index contributed by atoms with van der Waals surface area (Å²) in [5.74, 6) is 0.922. The molecule has 0 spiro atoms. The van der Waals surface area contributed by atoms with E-state index in [9.17, 15) is 4.79 Å². The molecule has 1 heterocycles. The maximum absolute atomic E-state index is 12.5. The Hall–Kier alpha value is -3.25. The summed E-state index contributed by atoms with van der Waals surface area (Å²) in [7, 11) is 3.16. The fraction of sp³-hybridized carbons (Fsp3) is 0.143. The molecule has 0 atom stereocenters. The zero-order chi connectivity index (χ0) is 20.1. The van der Waals surface area contributed by atoms with Gasteiger partial charge in [0, 0.05) is 34.3 Å². The molecule has 3 rings (SSSR count). The molecule has 0 radical (unpaired) electrons. The number of pyridine rings is 1. The molecule has 2 N–H and O–H groups in total. The number of rotatable bonds is 6. The first-order valence-corrected chi connectivity index (χ1v) is 8.90. The minimum absolute atomic E-state index is 0.280. The SMILES string of the molecule is COc1ccc(Nc2ccnc(C(=O)Nc3ccc(C)c(Cl)c3)c2)cc1OC. The van der Waals surface area contributed by atoms with Crippen LogP contribution in [0.3, 0.4) is 0 Å². The molecule has 1 aromatic heterocycles. The number of carbonyl (C=O) groups excluding carboxylic acids is 1. The zero-order valence-electron chi connectivity index (χ0n) is 15.7. The number of nitrogens with zero attached hydrogens (tertiary/aromatic N) is 1. The van der Waals surface area contributed by atoms with Gasteiger partial charge in [0.25, 0.3) is 5.91 Å². The van der Waals surface area contributed by atoms with Crippen LogP contribution in [0.25, 0.3) is 0 Å². The van der Waals surface area contributed by atoms with E-state index in [0.29, 0.717) is 27.9 Å². The lowest BCUT2D eigenvalue weighted by molar-refractivity contribution is 0.102. The van der Waals surface area contributed by atoms with Gasteiger partial charge >= 0.3 is 0 Å². The van der Waals surface area contributed by atoms with Gasteiger partial charge in [0.05, 0.1) is 14.2 Å². The number of benzene rings is 2. The fourth-order valence-corrected chi connectivity index (χ4v) is 2.76. The van der Waals surface area contributed by atoms with E-state index in [2.05, 4.69) is 15.6 Å². The van der Waals surface area contributed by atoms with E-state index in [1.165, 1.54) is 0 Å². The number of aryl methyl sites for hydroxylation is 1. The summed E-state index contributed by atoms with van der Waals surface area (Å²) in [6, 6.07) is 14.3. The van der Waals surface area contributed by atoms with Gasteiger partial charge in [0.15, 0.2) is 11.5 Å². The number of halogens is 1. The van der Waals surface area contributed by atoms with E-state index >= 15 is 0 Å². The van der Waals surface area contributed by atoms with Crippen LogP contribution >= 0.6 is 11.6 Å². The number of nitrogens with one attached hydrogen (secondary N) is 2. The van der Waals surface area contributed by atoms with Crippen molar-refractivity contribution in [1.82, 2.24) is 4.98 Å². The largest absolute Gasteiger partial charge is 0.493 e. The molecule has 0 aliphatic carbocycles. The minimum atomic E-state index is -0.323. The summed E-state index contributed by atoms with van der Waals surface area (Å²) < 4.78 is 10.5. The number of ether oxygens (including phenoxy) is 2. The quantitative estimate of drug-likeness (QED) is 0.608. The van der Waals surface area contributed by atoms with E-state index in [-0.39, 0.29) is 11.6 Å². The molecule has 0 aliphatic heterocycles. The van der Waals surface area contributed by atoms with Gasteiger partial charge in [-0.15, -0.1) is 0 Å². The standard InChI is InChI=1S/C21H20ClN3O3/c1-13-4-5-14(10-17(13)22)25-21(26)18-11-16(8-9-23-18)24-15-6-7-19(27-2)20(12-15)28-3/h4-12H,1-3H3,(H,23,24)(H,25,26). The molecule has 2 aromatic carbocycles. The number of amides is 1. The summed E-state index contributed by atoms with van der Waals surface area (Å²) in [4.78, 5) is 16.7. The lowest BCUT2D eigenvalue weighted by atomic mass is 10.2. The normalized spacial score (nSPS) is 10.3. The van der Waals surface area contributed by atoms with Crippen LogP contribution in [0.2, 0.25) is 5.02 Å². The highest BCUT2D eigenvalue weighted by Crippen LogP contribution is 2.31. The molecule has 144 valence electrons. The Balaban J connectivity index is 1.76. The van der Waals surface area contributed by atoms with Crippen LogP contribution in [0, 0.1) is 6.92 Å². The predicted octanol–water partition coefficient (Wildman–Crippen LogP) is 5.06. The van der Waals surface area contributed by atoms with Gasteiger partial charge < -0.3 is 20.1 Å². The molecular formula is C21H20ClN3O3. The maximum atomic E-state index is 12.5. The Labute approximate surface area is 168 Å². The van der Waals surface area contributed by atoms with Gasteiger partial charge in [-0.3, -0.25) is 9.78 Å². The predicted molar refractivity (Wildman–Crippen MR) is 111 cm³/mol. The Kier molecular flexibility index (Phi) is 6.01. The monoisotopic (exact) mass is 397 g/mol. The number of aromatic nitrogens is 1. The average molecular weight is 398 g/mol. The third-order valence-corrected chi connectivity index (χ3v) is 4.50. The Morgan fingerprint density at radius 3 is 2.36 bits per heavy atom. The smallest absolute Gasteiger partial charge is 0.274 e. The van der Waals surface area contributed by atoms with E-state index in [1.54, 1.807) is 50.7 Å². The van der Waals surface area contributed by atoms with Crippen LogP contribution in [0.4, 0.5) is 17.1 Å². The van der Waals surface area contributed by atoms with Crippen molar-refractivity contribution in [2.75, 3.05) is 24.9 Å². The first-order valence-electron chi connectivity index (χ1n) is 8.53. The second-order valence-corrected chi connectivity index (χ2v) is 6.45. The van der Waals surface area contributed by atoms with Crippen molar-refractivity contribution in [2.45, 2.75) is 6.92 Å². The van der Waals surface area contributed by atoms with Crippen molar-refractivity contribution in [3.63, 3.8) is 0 Å². The number of hydrogen-bond acceptors (Lipinski definition) is 5. The third-order valence-electron chi connectivity index (χ3n) is 4.09. The highest BCUT2D eigenvalue weighted by molar-refractivity contribution is 6.31. The van der Waals surface area contributed by atoms with Gasteiger partial charge in [-0.25, -0.2) is 0 Å². The highest BCUT2D eigenvalue weighted by atomic mass is 35.5. The van der Waals surface area contributed by atoms with Crippen LogP contribution in [0.15, 0.2) is 54.7 Å². The first-order chi connectivity index (χ1) is 13.5. The Morgan fingerprint density at radius 1 is 0.929 bits per heavy atom. The Bertz CT molecular complexity index is 1010. The fourth-order valence-electron chi connectivity index (χ4n) is 2.58. The van der Waals surface area contributed by atoms with Crippen molar-refractivity contribution < 1.29 is 14.3 Å². The van der Waals surface area contributed by atoms with Gasteiger partial charge in [-0.1, -0.05) is 17.7 Å². The summed E-state index contributed by atoms with van der Waals surface area (Å²) >= 11 is 6.11. The first kappa shape index (κ1) is 19.5. The van der Waals surface area contributed by atoms with Gasteiger partial charge in [0.1, 0.15) is 5.69 Å². The second kappa shape index (κ2) is 8.63.